The Hall–Kier alpha value is -1.77. The number of carbonyl (C=O) groups is 1. The van der Waals surface area contributed by atoms with Gasteiger partial charge in [0.2, 0.25) is 0 Å². The van der Waals surface area contributed by atoms with Crippen molar-refractivity contribution in [1.29, 1.82) is 0 Å². The first-order valence-corrected chi connectivity index (χ1v) is 6.06. The van der Waals surface area contributed by atoms with Gasteiger partial charge in [0.05, 0.1) is 5.57 Å². The van der Waals surface area contributed by atoms with E-state index in [1.54, 1.807) is 0 Å². The van der Waals surface area contributed by atoms with Gasteiger partial charge in [-0.2, -0.15) is 0 Å². The molecule has 0 atom stereocenters. The van der Waals surface area contributed by atoms with E-state index in [4.69, 9.17) is 4.74 Å². The zero-order valence-corrected chi connectivity index (χ0v) is 9.69. The molecule has 0 bridgehead atoms. The summed E-state index contributed by atoms with van der Waals surface area (Å²) in [5.41, 5.74) is 1.77. The van der Waals surface area contributed by atoms with Crippen molar-refractivity contribution in [2.45, 2.75) is 12.8 Å². The molecule has 1 amide bonds. The molecule has 1 fully saturated rings. The summed E-state index contributed by atoms with van der Waals surface area (Å²) in [6.45, 7) is 2.17. The summed E-state index contributed by atoms with van der Waals surface area (Å²) in [6, 6.07) is 7.82. The Bertz CT molecular complexity index is 473. The highest BCUT2D eigenvalue weighted by atomic mass is 16.5. The fourth-order valence-corrected chi connectivity index (χ4v) is 2.36. The lowest BCUT2D eigenvalue weighted by atomic mass is 10.1. The first kappa shape index (κ1) is 10.4. The molecular formula is C14H15NO2. The lowest BCUT2D eigenvalue weighted by Gasteiger charge is -2.21. The zero-order chi connectivity index (χ0) is 11.7. The molecule has 0 saturated carbocycles. The second kappa shape index (κ2) is 4.24. The van der Waals surface area contributed by atoms with E-state index in [0.717, 1.165) is 42.8 Å². The van der Waals surface area contributed by atoms with Gasteiger partial charge in [-0.15, -0.1) is 0 Å². The molecule has 1 saturated heterocycles. The predicted octanol–water partition coefficient (Wildman–Crippen LogP) is 2.08. The molecule has 88 valence electrons. The van der Waals surface area contributed by atoms with Gasteiger partial charge in [0.25, 0.3) is 5.91 Å². The molecule has 2 aliphatic rings. The summed E-state index contributed by atoms with van der Waals surface area (Å²) in [6.07, 6.45) is 4.20. The lowest BCUT2D eigenvalue weighted by molar-refractivity contribution is -0.126. The molecule has 17 heavy (non-hydrogen) atoms. The number of amides is 1. The van der Waals surface area contributed by atoms with Crippen molar-refractivity contribution in [2.24, 2.45) is 0 Å². The van der Waals surface area contributed by atoms with Crippen molar-refractivity contribution in [3.8, 4) is 5.75 Å². The molecule has 0 spiro atoms. The van der Waals surface area contributed by atoms with Gasteiger partial charge in [-0.05, 0) is 25.0 Å². The summed E-state index contributed by atoms with van der Waals surface area (Å²) in [5.74, 6) is 1.00. The van der Waals surface area contributed by atoms with Crippen LogP contribution >= 0.6 is 0 Å². The number of fused-ring (bicyclic) bond motifs is 1. The van der Waals surface area contributed by atoms with E-state index in [2.05, 4.69) is 0 Å². The van der Waals surface area contributed by atoms with Gasteiger partial charge < -0.3 is 9.64 Å². The molecule has 2 aliphatic heterocycles. The predicted molar refractivity (Wildman–Crippen MR) is 65.7 cm³/mol. The SMILES string of the molecule is O=C(C1=Cc2ccccc2OC1)N1CCCC1. The van der Waals surface area contributed by atoms with Crippen LogP contribution in [0.25, 0.3) is 6.08 Å². The first-order valence-electron chi connectivity index (χ1n) is 6.06. The monoisotopic (exact) mass is 229 g/mol. The van der Waals surface area contributed by atoms with Crippen molar-refractivity contribution < 1.29 is 9.53 Å². The van der Waals surface area contributed by atoms with Crippen LogP contribution in [0.4, 0.5) is 0 Å². The highest BCUT2D eigenvalue weighted by molar-refractivity contribution is 5.99. The van der Waals surface area contributed by atoms with Crippen LogP contribution in [0.2, 0.25) is 0 Å². The van der Waals surface area contributed by atoms with Gasteiger partial charge in [0, 0.05) is 18.7 Å². The number of hydrogen-bond acceptors (Lipinski definition) is 2. The Morgan fingerprint density at radius 2 is 1.94 bits per heavy atom. The summed E-state index contributed by atoms with van der Waals surface area (Å²) < 4.78 is 5.60. The normalized spacial score (nSPS) is 18.4. The van der Waals surface area contributed by atoms with E-state index >= 15 is 0 Å². The third-order valence-corrected chi connectivity index (χ3v) is 3.30. The third-order valence-electron chi connectivity index (χ3n) is 3.30. The van der Waals surface area contributed by atoms with E-state index in [-0.39, 0.29) is 5.91 Å². The molecule has 1 aromatic carbocycles. The molecule has 0 radical (unpaired) electrons. The number of nitrogens with zero attached hydrogens (tertiary/aromatic N) is 1. The van der Waals surface area contributed by atoms with Crippen LogP contribution in [-0.2, 0) is 4.79 Å². The van der Waals surface area contributed by atoms with Gasteiger partial charge in [0.1, 0.15) is 12.4 Å². The number of rotatable bonds is 1. The highest BCUT2D eigenvalue weighted by Gasteiger charge is 2.24. The van der Waals surface area contributed by atoms with E-state index in [1.807, 2.05) is 35.2 Å². The van der Waals surface area contributed by atoms with Crippen molar-refractivity contribution in [3.63, 3.8) is 0 Å². The van der Waals surface area contributed by atoms with Crippen LogP contribution in [0.5, 0.6) is 5.75 Å². The molecule has 3 heteroatoms. The van der Waals surface area contributed by atoms with Crippen molar-refractivity contribution in [2.75, 3.05) is 19.7 Å². The molecule has 3 rings (SSSR count). The summed E-state index contributed by atoms with van der Waals surface area (Å²) in [4.78, 5) is 14.1. The van der Waals surface area contributed by atoms with Crippen LogP contribution in [0.3, 0.4) is 0 Å². The minimum atomic E-state index is 0.136. The second-order valence-corrected chi connectivity index (χ2v) is 4.50. The maximum absolute atomic E-state index is 12.2. The van der Waals surface area contributed by atoms with Crippen molar-refractivity contribution >= 4 is 12.0 Å². The Balaban J connectivity index is 1.85. The van der Waals surface area contributed by atoms with Gasteiger partial charge in [-0.1, -0.05) is 18.2 Å². The molecule has 1 aromatic rings. The average molecular weight is 229 g/mol. The minimum absolute atomic E-state index is 0.136. The average Bonchev–Trinajstić information content (AvgIpc) is 2.91. The van der Waals surface area contributed by atoms with Crippen molar-refractivity contribution in [1.82, 2.24) is 4.90 Å². The number of carbonyl (C=O) groups excluding carboxylic acids is 1. The van der Waals surface area contributed by atoms with Crippen LogP contribution in [0, 0.1) is 0 Å². The van der Waals surface area contributed by atoms with E-state index in [0.29, 0.717) is 6.61 Å². The molecule has 0 N–H and O–H groups in total. The minimum Gasteiger partial charge on any atom is -0.488 e. The van der Waals surface area contributed by atoms with Gasteiger partial charge in [-0.25, -0.2) is 0 Å². The fourth-order valence-electron chi connectivity index (χ4n) is 2.36. The smallest absolute Gasteiger partial charge is 0.253 e. The van der Waals surface area contributed by atoms with Gasteiger partial charge in [-0.3, -0.25) is 4.79 Å². The Labute approximate surface area is 101 Å². The largest absolute Gasteiger partial charge is 0.488 e. The maximum atomic E-state index is 12.2. The molecule has 3 nitrogen and oxygen atoms in total. The maximum Gasteiger partial charge on any atom is 0.253 e. The number of hydrogen-bond donors (Lipinski definition) is 0. The van der Waals surface area contributed by atoms with Crippen LogP contribution < -0.4 is 4.74 Å². The topological polar surface area (TPSA) is 29.5 Å². The van der Waals surface area contributed by atoms with E-state index in [9.17, 15) is 4.79 Å². The molecule has 2 heterocycles. The third kappa shape index (κ3) is 1.93. The molecule has 0 aliphatic carbocycles. The van der Waals surface area contributed by atoms with E-state index in [1.165, 1.54) is 0 Å². The first-order chi connectivity index (χ1) is 8.34. The quantitative estimate of drug-likeness (QED) is 0.738. The van der Waals surface area contributed by atoms with Gasteiger partial charge in [0.15, 0.2) is 0 Å². The summed E-state index contributed by atoms with van der Waals surface area (Å²) in [5, 5.41) is 0. The number of benzene rings is 1. The number of ether oxygens (including phenoxy) is 1. The Kier molecular flexibility index (Phi) is 2.59. The molecule has 0 aromatic heterocycles. The van der Waals surface area contributed by atoms with Crippen LogP contribution in [0.1, 0.15) is 18.4 Å². The van der Waals surface area contributed by atoms with Gasteiger partial charge >= 0.3 is 0 Å². The number of para-hydroxylation sites is 1. The van der Waals surface area contributed by atoms with Crippen molar-refractivity contribution in [3.05, 3.63) is 35.4 Å². The second-order valence-electron chi connectivity index (χ2n) is 4.50. The Morgan fingerprint density at radius 1 is 1.18 bits per heavy atom. The standard InChI is InChI=1S/C14H15NO2/c16-14(15-7-3-4-8-15)12-9-11-5-1-2-6-13(11)17-10-12/h1-2,5-6,9H,3-4,7-8,10H2. The van der Waals surface area contributed by atoms with Crippen LogP contribution in [0.15, 0.2) is 29.8 Å². The van der Waals surface area contributed by atoms with Crippen LogP contribution in [-0.4, -0.2) is 30.5 Å². The summed E-state index contributed by atoms with van der Waals surface area (Å²) in [7, 11) is 0. The molecular weight excluding hydrogens is 214 g/mol. The Morgan fingerprint density at radius 3 is 2.76 bits per heavy atom. The molecule has 0 unspecified atom stereocenters. The highest BCUT2D eigenvalue weighted by Crippen LogP contribution is 2.26. The number of likely N-dealkylation sites (tertiary alicyclic amines) is 1. The lowest BCUT2D eigenvalue weighted by Crippen LogP contribution is -2.31. The fraction of sp³-hybridized carbons (Fsp3) is 0.357. The van der Waals surface area contributed by atoms with E-state index < -0.39 is 0 Å². The summed E-state index contributed by atoms with van der Waals surface area (Å²) >= 11 is 0. The zero-order valence-electron chi connectivity index (χ0n) is 9.69.